The van der Waals surface area contributed by atoms with Gasteiger partial charge in [-0.3, -0.25) is 4.79 Å². The zero-order valence-electron chi connectivity index (χ0n) is 16.6. The zero-order chi connectivity index (χ0) is 21.1. The molecule has 2 aliphatic rings. The van der Waals surface area contributed by atoms with Crippen molar-refractivity contribution in [2.75, 3.05) is 12.9 Å². The number of carbonyl (C=O) groups excluding carboxylic acids is 2. The van der Waals surface area contributed by atoms with Crippen molar-refractivity contribution >= 4 is 23.0 Å². The molecule has 0 saturated heterocycles. The fourth-order valence-corrected chi connectivity index (χ4v) is 4.50. The lowest BCUT2D eigenvalue weighted by Crippen LogP contribution is -2.28. The standard InChI is InChI=1S/C23H21NO5S/c1-14-21(29-23(26)27-2)19(20-17(24-14)13-30-22(20)25)16-10-6-7-11-18(16)28-12-15-8-4-3-5-9-15/h3-11,19,24H,12-13H2,1-2H3. The molecule has 0 aliphatic carbocycles. The van der Waals surface area contributed by atoms with E-state index in [-0.39, 0.29) is 5.12 Å². The quantitative estimate of drug-likeness (QED) is 0.710. The van der Waals surface area contributed by atoms with Gasteiger partial charge >= 0.3 is 6.16 Å². The predicted octanol–water partition coefficient (Wildman–Crippen LogP) is 4.49. The monoisotopic (exact) mass is 423 g/mol. The summed E-state index contributed by atoms with van der Waals surface area (Å²) < 4.78 is 16.3. The highest BCUT2D eigenvalue weighted by Crippen LogP contribution is 2.47. The Morgan fingerprint density at radius 2 is 1.87 bits per heavy atom. The number of nitrogens with one attached hydrogen (secondary N) is 1. The molecule has 0 amide bonds. The molecule has 0 bridgehead atoms. The summed E-state index contributed by atoms with van der Waals surface area (Å²) in [4.78, 5) is 24.6. The molecule has 0 fully saturated rings. The zero-order valence-corrected chi connectivity index (χ0v) is 17.5. The van der Waals surface area contributed by atoms with Gasteiger partial charge < -0.3 is 19.5 Å². The molecule has 0 radical (unpaired) electrons. The van der Waals surface area contributed by atoms with E-state index < -0.39 is 12.1 Å². The molecule has 1 N–H and O–H groups in total. The molecule has 2 aromatic rings. The number of dihydropyridines is 1. The minimum atomic E-state index is -0.832. The minimum Gasteiger partial charge on any atom is -0.489 e. The number of hydrogen-bond donors (Lipinski definition) is 1. The van der Waals surface area contributed by atoms with Crippen molar-refractivity contribution in [1.29, 1.82) is 0 Å². The van der Waals surface area contributed by atoms with Gasteiger partial charge in [-0.1, -0.05) is 60.3 Å². The largest absolute Gasteiger partial charge is 0.513 e. The average molecular weight is 423 g/mol. The third kappa shape index (κ3) is 3.93. The van der Waals surface area contributed by atoms with Gasteiger partial charge in [0.2, 0.25) is 5.12 Å². The van der Waals surface area contributed by atoms with Crippen LogP contribution < -0.4 is 10.1 Å². The van der Waals surface area contributed by atoms with Gasteiger partial charge in [-0.15, -0.1) is 0 Å². The fourth-order valence-electron chi connectivity index (χ4n) is 3.60. The van der Waals surface area contributed by atoms with Crippen molar-refractivity contribution in [2.24, 2.45) is 0 Å². The number of ether oxygens (including phenoxy) is 3. The van der Waals surface area contributed by atoms with E-state index in [9.17, 15) is 9.59 Å². The number of rotatable bonds is 5. The Morgan fingerprint density at radius 1 is 1.13 bits per heavy atom. The molecule has 1 unspecified atom stereocenters. The molecular formula is C23H21NO5S. The van der Waals surface area contributed by atoms with Crippen molar-refractivity contribution in [3.8, 4) is 5.75 Å². The summed E-state index contributed by atoms with van der Waals surface area (Å²) in [5.41, 5.74) is 3.87. The molecule has 0 aromatic heterocycles. The lowest BCUT2D eigenvalue weighted by molar-refractivity contribution is -0.108. The Balaban J connectivity index is 1.74. The SMILES string of the molecule is COC(=O)OC1=C(C)NC2=C(C(=O)SC2)C1c1ccccc1OCc1ccccc1. The van der Waals surface area contributed by atoms with Crippen LogP contribution in [0, 0.1) is 0 Å². The van der Waals surface area contributed by atoms with Gasteiger partial charge in [0.05, 0.1) is 18.7 Å². The second-order valence-corrected chi connectivity index (χ2v) is 7.83. The van der Waals surface area contributed by atoms with Crippen LogP contribution in [0.3, 0.4) is 0 Å². The summed E-state index contributed by atoms with van der Waals surface area (Å²) in [6, 6.07) is 17.3. The summed E-state index contributed by atoms with van der Waals surface area (Å²) >= 11 is 1.23. The van der Waals surface area contributed by atoms with E-state index in [2.05, 4.69) is 5.32 Å². The van der Waals surface area contributed by atoms with Crippen molar-refractivity contribution in [1.82, 2.24) is 5.32 Å². The van der Waals surface area contributed by atoms with Crippen LogP contribution in [0.5, 0.6) is 5.75 Å². The predicted molar refractivity (Wildman–Crippen MR) is 114 cm³/mol. The molecule has 4 rings (SSSR count). The van der Waals surface area contributed by atoms with E-state index in [0.29, 0.717) is 35.1 Å². The lowest BCUT2D eigenvalue weighted by atomic mass is 9.85. The highest BCUT2D eigenvalue weighted by atomic mass is 32.2. The number of allylic oxidation sites excluding steroid dienone is 2. The molecule has 0 saturated carbocycles. The van der Waals surface area contributed by atoms with Crippen LogP contribution in [0.2, 0.25) is 0 Å². The highest BCUT2D eigenvalue weighted by molar-refractivity contribution is 8.14. The Labute approximate surface area is 178 Å². The van der Waals surface area contributed by atoms with Gasteiger partial charge in [-0.25, -0.2) is 4.79 Å². The van der Waals surface area contributed by atoms with Crippen LogP contribution in [0.1, 0.15) is 24.0 Å². The second-order valence-electron chi connectivity index (χ2n) is 6.88. The van der Waals surface area contributed by atoms with Crippen LogP contribution in [0.25, 0.3) is 0 Å². The highest BCUT2D eigenvalue weighted by Gasteiger charge is 2.41. The van der Waals surface area contributed by atoms with E-state index in [1.807, 2.05) is 61.5 Å². The summed E-state index contributed by atoms with van der Waals surface area (Å²) in [7, 11) is 1.25. The summed E-state index contributed by atoms with van der Waals surface area (Å²) in [5, 5.41) is 3.17. The summed E-state index contributed by atoms with van der Waals surface area (Å²) in [6.07, 6.45) is -0.832. The van der Waals surface area contributed by atoms with E-state index >= 15 is 0 Å². The van der Waals surface area contributed by atoms with E-state index in [1.165, 1.54) is 18.9 Å². The van der Waals surface area contributed by atoms with Gasteiger partial charge in [-0.2, -0.15) is 0 Å². The Kier molecular flexibility index (Phi) is 5.81. The number of benzene rings is 2. The first kappa shape index (κ1) is 20.1. The van der Waals surface area contributed by atoms with E-state index in [0.717, 1.165) is 16.8 Å². The van der Waals surface area contributed by atoms with Crippen LogP contribution in [-0.4, -0.2) is 24.1 Å². The maximum atomic E-state index is 12.7. The topological polar surface area (TPSA) is 73.9 Å². The number of carbonyl (C=O) groups is 2. The van der Waals surface area contributed by atoms with Crippen molar-refractivity contribution < 1.29 is 23.8 Å². The summed E-state index contributed by atoms with van der Waals surface area (Å²) in [5.74, 6) is 0.964. The molecule has 30 heavy (non-hydrogen) atoms. The molecule has 154 valence electrons. The van der Waals surface area contributed by atoms with Gasteiger partial charge in [0, 0.05) is 22.6 Å². The lowest BCUT2D eigenvalue weighted by Gasteiger charge is -2.29. The summed E-state index contributed by atoms with van der Waals surface area (Å²) in [6.45, 7) is 2.20. The van der Waals surface area contributed by atoms with Gasteiger partial charge in [-0.05, 0) is 18.6 Å². The van der Waals surface area contributed by atoms with Crippen LogP contribution in [0.4, 0.5) is 4.79 Å². The van der Waals surface area contributed by atoms with Gasteiger partial charge in [0.1, 0.15) is 18.1 Å². The van der Waals surface area contributed by atoms with Crippen molar-refractivity contribution in [3.63, 3.8) is 0 Å². The molecule has 2 aliphatic heterocycles. The normalized spacial score (nSPS) is 18.1. The molecule has 0 spiro atoms. The van der Waals surface area contributed by atoms with Crippen molar-refractivity contribution in [3.05, 3.63) is 88.5 Å². The molecule has 1 atom stereocenters. The molecule has 6 nitrogen and oxygen atoms in total. The average Bonchev–Trinajstić information content (AvgIpc) is 3.13. The van der Waals surface area contributed by atoms with Gasteiger partial charge in [0.15, 0.2) is 0 Å². The second kappa shape index (κ2) is 8.67. The maximum absolute atomic E-state index is 12.7. The third-order valence-corrected chi connectivity index (χ3v) is 5.89. The molecule has 2 aromatic carbocycles. The maximum Gasteiger partial charge on any atom is 0.513 e. The smallest absolute Gasteiger partial charge is 0.489 e. The molecule has 2 heterocycles. The Morgan fingerprint density at radius 3 is 2.63 bits per heavy atom. The van der Waals surface area contributed by atoms with E-state index in [4.69, 9.17) is 14.2 Å². The van der Waals surface area contributed by atoms with Crippen LogP contribution >= 0.6 is 11.8 Å². The van der Waals surface area contributed by atoms with Crippen LogP contribution in [-0.2, 0) is 20.9 Å². The Hall–Kier alpha value is -3.19. The Bertz CT molecular complexity index is 1040. The van der Waals surface area contributed by atoms with Gasteiger partial charge in [0.25, 0.3) is 0 Å². The first-order valence-corrected chi connectivity index (χ1v) is 10.5. The first-order chi connectivity index (χ1) is 14.6. The third-order valence-electron chi connectivity index (χ3n) is 4.98. The first-order valence-electron chi connectivity index (χ1n) is 9.48. The van der Waals surface area contributed by atoms with Crippen LogP contribution in [0.15, 0.2) is 77.3 Å². The number of thioether (sulfide) groups is 1. The minimum absolute atomic E-state index is 0.0428. The number of methoxy groups -OCH3 is 1. The number of hydrogen-bond acceptors (Lipinski definition) is 7. The van der Waals surface area contributed by atoms with E-state index in [1.54, 1.807) is 0 Å². The number of para-hydroxylation sites is 1. The van der Waals surface area contributed by atoms with Crippen molar-refractivity contribution in [2.45, 2.75) is 19.4 Å². The molecule has 7 heteroatoms. The molecular weight excluding hydrogens is 402 g/mol. The fraction of sp³-hybridized carbons (Fsp3) is 0.217.